The first-order valence-electron chi connectivity index (χ1n) is 10.4. The molecule has 1 N–H and O–H groups in total. The topological polar surface area (TPSA) is 49.4 Å². The van der Waals surface area contributed by atoms with E-state index in [1.165, 1.54) is 5.56 Å². The van der Waals surface area contributed by atoms with Crippen LogP contribution in [0.15, 0.2) is 48.5 Å². The van der Waals surface area contributed by atoms with E-state index in [1.54, 1.807) is 0 Å². The number of carbonyl (C=O) groups is 2. The molecule has 148 valence electrons. The molecule has 4 nitrogen and oxygen atoms in total. The van der Waals surface area contributed by atoms with Gasteiger partial charge in [0.15, 0.2) is 0 Å². The lowest BCUT2D eigenvalue weighted by Crippen LogP contribution is -2.29. The number of carbonyl (C=O) groups excluding carboxylic acids is 2. The zero-order chi connectivity index (χ0) is 19.9. The van der Waals surface area contributed by atoms with Crippen molar-refractivity contribution in [3.63, 3.8) is 0 Å². The number of nitrogens with zero attached hydrogens (tertiary/aromatic N) is 1. The molecule has 0 radical (unpaired) electrons. The van der Waals surface area contributed by atoms with E-state index in [-0.39, 0.29) is 17.7 Å². The van der Waals surface area contributed by atoms with Crippen molar-refractivity contribution in [2.45, 2.75) is 46.0 Å². The standard InChI is InChI=1S/C24H30N2O2/c1-3-19-13-8-14-20(4-2)23(19)25-24(28)21-16-22(27)26(17-21)15-9-12-18-10-6-5-7-11-18/h5-8,10-11,13-14,21H,3-4,9,12,15-17H2,1-2H3,(H,25,28). The third kappa shape index (κ3) is 4.80. The minimum absolute atomic E-state index is 0.0329. The molecule has 4 heteroatoms. The first kappa shape index (κ1) is 20.1. The molecule has 1 aliphatic heterocycles. The summed E-state index contributed by atoms with van der Waals surface area (Å²) in [6.07, 6.45) is 3.93. The molecule has 0 spiro atoms. The highest BCUT2D eigenvalue weighted by atomic mass is 16.2. The van der Waals surface area contributed by atoms with Crippen molar-refractivity contribution in [1.82, 2.24) is 4.90 Å². The molecule has 2 aromatic rings. The third-order valence-electron chi connectivity index (χ3n) is 5.57. The van der Waals surface area contributed by atoms with E-state index >= 15 is 0 Å². The van der Waals surface area contributed by atoms with Gasteiger partial charge in [0.2, 0.25) is 11.8 Å². The molecule has 1 saturated heterocycles. The molecule has 2 amide bonds. The number of hydrogen-bond acceptors (Lipinski definition) is 2. The lowest BCUT2D eigenvalue weighted by Gasteiger charge is -2.18. The maximum absolute atomic E-state index is 12.8. The van der Waals surface area contributed by atoms with E-state index in [4.69, 9.17) is 0 Å². The fourth-order valence-electron chi connectivity index (χ4n) is 3.91. The number of aryl methyl sites for hydroxylation is 3. The summed E-state index contributed by atoms with van der Waals surface area (Å²) >= 11 is 0. The molecule has 2 aromatic carbocycles. The average molecular weight is 379 g/mol. The Morgan fingerprint density at radius 1 is 1.04 bits per heavy atom. The van der Waals surface area contributed by atoms with Crippen LogP contribution >= 0.6 is 0 Å². The second-order valence-electron chi connectivity index (χ2n) is 7.48. The monoisotopic (exact) mass is 378 g/mol. The molecule has 0 saturated carbocycles. The van der Waals surface area contributed by atoms with Crippen molar-refractivity contribution in [2.24, 2.45) is 5.92 Å². The molecule has 0 aromatic heterocycles. The van der Waals surface area contributed by atoms with Gasteiger partial charge in [0, 0.05) is 25.2 Å². The molecular weight excluding hydrogens is 348 g/mol. The van der Waals surface area contributed by atoms with E-state index < -0.39 is 0 Å². The maximum Gasteiger partial charge on any atom is 0.229 e. The molecule has 1 aliphatic rings. The number of anilines is 1. The van der Waals surface area contributed by atoms with E-state index in [0.29, 0.717) is 19.5 Å². The van der Waals surface area contributed by atoms with Crippen molar-refractivity contribution in [2.75, 3.05) is 18.4 Å². The van der Waals surface area contributed by atoms with Crippen LogP contribution in [0.5, 0.6) is 0 Å². The Bertz CT molecular complexity index is 794. The van der Waals surface area contributed by atoms with Gasteiger partial charge in [0.25, 0.3) is 0 Å². The number of nitrogens with one attached hydrogen (secondary N) is 1. The molecule has 1 atom stereocenters. The predicted molar refractivity (Wildman–Crippen MR) is 113 cm³/mol. The molecule has 1 fully saturated rings. The summed E-state index contributed by atoms with van der Waals surface area (Å²) in [5.41, 5.74) is 4.52. The molecule has 0 aliphatic carbocycles. The predicted octanol–water partition coefficient (Wildman–Crippen LogP) is 4.23. The van der Waals surface area contributed by atoms with Gasteiger partial charge in [-0.3, -0.25) is 9.59 Å². The Labute approximate surface area is 167 Å². The van der Waals surface area contributed by atoms with Crippen LogP contribution in [0.25, 0.3) is 0 Å². The van der Waals surface area contributed by atoms with Gasteiger partial charge in [-0.15, -0.1) is 0 Å². The normalized spacial score (nSPS) is 16.4. The van der Waals surface area contributed by atoms with Gasteiger partial charge >= 0.3 is 0 Å². The number of hydrogen-bond donors (Lipinski definition) is 1. The number of amides is 2. The lowest BCUT2D eigenvalue weighted by molar-refractivity contribution is -0.128. The summed E-state index contributed by atoms with van der Waals surface area (Å²) in [5, 5.41) is 3.13. The van der Waals surface area contributed by atoms with Gasteiger partial charge in [-0.1, -0.05) is 62.4 Å². The largest absolute Gasteiger partial charge is 0.342 e. The summed E-state index contributed by atoms with van der Waals surface area (Å²) in [7, 11) is 0. The smallest absolute Gasteiger partial charge is 0.229 e. The fraction of sp³-hybridized carbons (Fsp3) is 0.417. The van der Waals surface area contributed by atoms with Crippen LogP contribution < -0.4 is 5.32 Å². The van der Waals surface area contributed by atoms with Crippen LogP contribution in [0, 0.1) is 5.92 Å². The molecule has 28 heavy (non-hydrogen) atoms. The van der Waals surface area contributed by atoms with Gasteiger partial charge in [-0.2, -0.15) is 0 Å². The van der Waals surface area contributed by atoms with Crippen LogP contribution in [0.4, 0.5) is 5.69 Å². The van der Waals surface area contributed by atoms with Gasteiger partial charge in [-0.25, -0.2) is 0 Å². The van der Waals surface area contributed by atoms with Gasteiger partial charge in [-0.05, 0) is 42.4 Å². The minimum atomic E-state index is -0.265. The number of para-hydroxylation sites is 1. The Morgan fingerprint density at radius 2 is 1.71 bits per heavy atom. The number of likely N-dealkylation sites (tertiary alicyclic amines) is 1. The molecule has 1 heterocycles. The third-order valence-corrected chi connectivity index (χ3v) is 5.57. The summed E-state index contributed by atoms with van der Waals surface area (Å²) in [5.74, 6) is -0.207. The van der Waals surface area contributed by atoms with Crippen molar-refractivity contribution >= 4 is 17.5 Å². The number of benzene rings is 2. The van der Waals surface area contributed by atoms with Crippen LogP contribution in [0.3, 0.4) is 0 Å². The Hall–Kier alpha value is -2.62. The zero-order valence-corrected chi connectivity index (χ0v) is 16.9. The van der Waals surface area contributed by atoms with Crippen LogP contribution in [-0.2, 0) is 28.9 Å². The molecular formula is C24H30N2O2. The Morgan fingerprint density at radius 3 is 2.36 bits per heavy atom. The van der Waals surface area contributed by atoms with Crippen LogP contribution in [-0.4, -0.2) is 29.8 Å². The van der Waals surface area contributed by atoms with Gasteiger partial charge in [0.1, 0.15) is 0 Å². The first-order chi connectivity index (χ1) is 13.6. The van der Waals surface area contributed by atoms with E-state index in [1.807, 2.05) is 29.2 Å². The highest BCUT2D eigenvalue weighted by Gasteiger charge is 2.34. The molecule has 3 rings (SSSR count). The number of rotatable bonds is 8. The Kier molecular flexibility index (Phi) is 6.85. The molecule has 1 unspecified atom stereocenters. The lowest BCUT2D eigenvalue weighted by atomic mass is 10.0. The quantitative estimate of drug-likeness (QED) is 0.747. The molecule has 0 bridgehead atoms. The first-order valence-corrected chi connectivity index (χ1v) is 10.4. The van der Waals surface area contributed by atoms with Crippen molar-refractivity contribution in [3.8, 4) is 0 Å². The summed E-state index contributed by atoms with van der Waals surface area (Å²) in [6.45, 7) is 5.43. The van der Waals surface area contributed by atoms with Crippen molar-refractivity contribution < 1.29 is 9.59 Å². The maximum atomic E-state index is 12.8. The summed E-state index contributed by atoms with van der Waals surface area (Å²) in [4.78, 5) is 27.1. The Balaban J connectivity index is 1.57. The summed E-state index contributed by atoms with van der Waals surface area (Å²) in [6, 6.07) is 16.5. The zero-order valence-electron chi connectivity index (χ0n) is 16.9. The van der Waals surface area contributed by atoms with E-state index in [9.17, 15) is 9.59 Å². The van der Waals surface area contributed by atoms with Crippen molar-refractivity contribution in [3.05, 3.63) is 65.2 Å². The SMILES string of the molecule is CCc1cccc(CC)c1NC(=O)C1CC(=O)N(CCCc2ccccc2)C1. The van der Waals surface area contributed by atoms with Crippen molar-refractivity contribution in [1.29, 1.82) is 0 Å². The van der Waals surface area contributed by atoms with E-state index in [0.717, 1.165) is 42.5 Å². The summed E-state index contributed by atoms with van der Waals surface area (Å²) < 4.78 is 0. The fourth-order valence-corrected chi connectivity index (χ4v) is 3.91. The minimum Gasteiger partial charge on any atom is -0.342 e. The van der Waals surface area contributed by atoms with E-state index in [2.05, 4.69) is 43.4 Å². The second kappa shape index (κ2) is 9.54. The highest BCUT2D eigenvalue weighted by molar-refractivity contribution is 5.98. The van der Waals surface area contributed by atoms with Crippen LogP contribution in [0.2, 0.25) is 0 Å². The second-order valence-corrected chi connectivity index (χ2v) is 7.48. The van der Waals surface area contributed by atoms with Gasteiger partial charge < -0.3 is 10.2 Å². The van der Waals surface area contributed by atoms with Crippen LogP contribution in [0.1, 0.15) is 43.4 Å². The van der Waals surface area contributed by atoms with Gasteiger partial charge in [0.05, 0.1) is 5.92 Å². The average Bonchev–Trinajstić information content (AvgIpc) is 3.09. The highest BCUT2D eigenvalue weighted by Crippen LogP contribution is 2.25.